The molecule has 1 unspecified atom stereocenters. The quantitative estimate of drug-likeness (QED) is 0.889. The largest absolute Gasteiger partial charge is 0.349 e. The maximum Gasteiger partial charge on any atom is 0.270 e. The summed E-state index contributed by atoms with van der Waals surface area (Å²) in [4.78, 5) is 16.2. The van der Waals surface area contributed by atoms with Gasteiger partial charge in [0.1, 0.15) is 16.5 Å². The van der Waals surface area contributed by atoms with Crippen LogP contribution in [0.3, 0.4) is 0 Å². The molecular weight excluding hydrogens is 277 g/mol. The molecule has 0 radical (unpaired) electrons. The second-order valence-corrected chi connectivity index (χ2v) is 5.30. The van der Waals surface area contributed by atoms with E-state index in [0.29, 0.717) is 17.2 Å². The number of halogens is 1. The Labute approximate surface area is 121 Å². The van der Waals surface area contributed by atoms with Crippen LogP contribution in [-0.4, -0.2) is 30.5 Å². The fraction of sp³-hybridized carbons (Fsp3) is 0.286. The molecule has 2 aromatic rings. The minimum Gasteiger partial charge on any atom is -0.349 e. The number of aromatic nitrogens is 1. The van der Waals surface area contributed by atoms with Gasteiger partial charge in [0.05, 0.1) is 0 Å². The molecule has 2 N–H and O–H groups in total. The van der Waals surface area contributed by atoms with E-state index in [1.807, 2.05) is 14.0 Å². The van der Waals surface area contributed by atoms with Gasteiger partial charge in [-0.3, -0.25) is 4.79 Å². The number of nitrogens with zero attached hydrogens (tertiary/aromatic N) is 1. The lowest BCUT2D eigenvalue weighted by Gasteiger charge is -2.10. The standard InChI is InChI=1S/C14H16FN3OS/c1-9(16-2)7-17-13(19)12-8-20-14(18-12)10-3-5-11(15)6-4-10/h3-6,8-9,16H,7H2,1-2H3,(H,17,19). The van der Waals surface area contributed by atoms with Gasteiger partial charge in [-0.1, -0.05) is 0 Å². The zero-order valence-corrected chi connectivity index (χ0v) is 12.1. The van der Waals surface area contributed by atoms with Gasteiger partial charge in [-0.25, -0.2) is 9.37 Å². The maximum atomic E-state index is 12.9. The number of hydrogen-bond acceptors (Lipinski definition) is 4. The van der Waals surface area contributed by atoms with Crippen molar-refractivity contribution in [2.45, 2.75) is 13.0 Å². The Morgan fingerprint density at radius 2 is 2.10 bits per heavy atom. The second kappa shape index (κ2) is 6.58. The molecule has 2 rings (SSSR count). The number of carbonyl (C=O) groups excluding carboxylic acids is 1. The smallest absolute Gasteiger partial charge is 0.270 e. The average molecular weight is 293 g/mol. The molecule has 1 aromatic heterocycles. The van der Waals surface area contributed by atoms with Gasteiger partial charge < -0.3 is 10.6 Å². The Balaban J connectivity index is 2.05. The molecule has 1 amide bonds. The number of carbonyl (C=O) groups is 1. The predicted molar refractivity (Wildman–Crippen MR) is 78.4 cm³/mol. The third-order valence-corrected chi connectivity index (χ3v) is 3.78. The van der Waals surface area contributed by atoms with Crippen molar-refractivity contribution in [3.8, 4) is 10.6 Å². The Hall–Kier alpha value is -1.79. The molecule has 1 heterocycles. The third kappa shape index (κ3) is 3.61. The summed E-state index contributed by atoms with van der Waals surface area (Å²) in [6, 6.07) is 6.27. The van der Waals surface area contributed by atoms with Gasteiger partial charge in [0, 0.05) is 23.5 Å². The summed E-state index contributed by atoms with van der Waals surface area (Å²) in [6.45, 7) is 2.52. The molecule has 6 heteroatoms. The first kappa shape index (κ1) is 14.6. The van der Waals surface area contributed by atoms with E-state index in [0.717, 1.165) is 5.56 Å². The number of amides is 1. The average Bonchev–Trinajstić information content (AvgIpc) is 2.95. The molecule has 1 atom stereocenters. The van der Waals surface area contributed by atoms with E-state index in [2.05, 4.69) is 15.6 Å². The van der Waals surface area contributed by atoms with Crippen molar-refractivity contribution in [1.82, 2.24) is 15.6 Å². The van der Waals surface area contributed by atoms with Crippen LogP contribution in [0.4, 0.5) is 4.39 Å². The van der Waals surface area contributed by atoms with Crippen molar-refractivity contribution in [1.29, 1.82) is 0 Å². The van der Waals surface area contributed by atoms with E-state index in [1.54, 1.807) is 17.5 Å². The molecular formula is C14H16FN3OS. The number of hydrogen-bond donors (Lipinski definition) is 2. The lowest BCUT2D eigenvalue weighted by atomic mass is 10.2. The summed E-state index contributed by atoms with van der Waals surface area (Å²) in [6.07, 6.45) is 0. The summed E-state index contributed by atoms with van der Waals surface area (Å²) in [5.74, 6) is -0.485. The Bertz CT molecular complexity index is 582. The SMILES string of the molecule is CNC(C)CNC(=O)c1csc(-c2ccc(F)cc2)n1. The van der Waals surface area contributed by atoms with Crippen LogP contribution in [-0.2, 0) is 0 Å². The molecule has 1 aromatic carbocycles. The van der Waals surface area contributed by atoms with Crippen LogP contribution in [0.25, 0.3) is 10.6 Å². The number of nitrogens with one attached hydrogen (secondary N) is 2. The van der Waals surface area contributed by atoms with E-state index in [4.69, 9.17) is 0 Å². The van der Waals surface area contributed by atoms with Gasteiger partial charge in [-0.2, -0.15) is 0 Å². The fourth-order valence-corrected chi connectivity index (χ4v) is 2.35. The molecule has 0 aliphatic rings. The minimum atomic E-state index is -0.288. The maximum absolute atomic E-state index is 12.9. The highest BCUT2D eigenvalue weighted by atomic mass is 32.1. The van der Waals surface area contributed by atoms with E-state index < -0.39 is 0 Å². The lowest BCUT2D eigenvalue weighted by Crippen LogP contribution is -2.37. The van der Waals surface area contributed by atoms with E-state index in [-0.39, 0.29) is 17.8 Å². The highest BCUT2D eigenvalue weighted by molar-refractivity contribution is 7.13. The van der Waals surface area contributed by atoms with Gasteiger partial charge in [-0.05, 0) is 38.2 Å². The van der Waals surface area contributed by atoms with Crippen LogP contribution in [0.2, 0.25) is 0 Å². The molecule has 0 spiro atoms. The third-order valence-electron chi connectivity index (χ3n) is 2.89. The van der Waals surface area contributed by atoms with E-state index in [1.165, 1.54) is 23.5 Å². The number of likely N-dealkylation sites (N-methyl/N-ethyl adjacent to an activating group) is 1. The molecule has 0 fully saturated rings. The van der Waals surface area contributed by atoms with E-state index >= 15 is 0 Å². The van der Waals surface area contributed by atoms with Crippen LogP contribution in [0.15, 0.2) is 29.6 Å². The van der Waals surface area contributed by atoms with Gasteiger partial charge in [0.25, 0.3) is 5.91 Å². The monoisotopic (exact) mass is 293 g/mol. The van der Waals surface area contributed by atoms with Crippen molar-refractivity contribution in [3.05, 3.63) is 41.2 Å². The van der Waals surface area contributed by atoms with Gasteiger partial charge in [-0.15, -0.1) is 11.3 Å². The van der Waals surface area contributed by atoms with Crippen molar-refractivity contribution in [2.24, 2.45) is 0 Å². The lowest BCUT2D eigenvalue weighted by molar-refractivity contribution is 0.0946. The summed E-state index contributed by atoms with van der Waals surface area (Å²) in [5, 5.41) is 8.26. The first-order valence-corrected chi connectivity index (χ1v) is 7.15. The normalized spacial score (nSPS) is 12.2. The highest BCUT2D eigenvalue weighted by Gasteiger charge is 2.12. The Kier molecular flexibility index (Phi) is 4.81. The zero-order valence-electron chi connectivity index (χ0n) is 11.3. The fourth-order valence-electron chi connectivity index (χ4n) is 1.54. The Morgan fingerprint density at radius 3 is 2.75 bits per heavy atom. The molecule has 4 nitrogen and oxygen atoms in total. The molecule has 0 bridgehead atoms. The van der Waals surface area contributed by atoms with Crippen molar-refractivity contribution < 1.29 is 9.18 Å². The van der Waals surface area contributed by atoms with E-state index in [9.17, 15) is 9.18 Å². The molecule has 0 saturated heterocycles. The van der Waals surface area contributed by atoms with Crippen LogP contribution >= 0.6 is 11.3 Å². The van der Waals surface area contributed by atoms with Crippen LogP contribution in [0.5, 0.6) is 0 Å². The second-order valence-electron chi connectivity index (χ2n) is 4.44. The van der Waals surface area contributed by atoms with Crippen LogP contribution in [0, 0.1) is 5.82 Å². The Morgan fingerprint density at radius 1 is 1.40 bits per heavy atom. The van der Waals surface area contributed by atoms with Gasteiger partial charge in [0.2, 0.25) is 0 Å². The first-order valence-electron chi connectivity index (χ1n) is 6.27. The van der Waals surface area contributed by atoms with Gasteiger partial charge >= 0.3 is 0 Å². The zero-order chi connectivity index (χ0) is 14.5. The first-order chi connectivity index (χ1) is 9.60. The summed E-state index contributed by atoms with van der Waals surface area (Å²) >= 11 is 1.37. The van der Waals surface area contributed by atoms with Crippen LogP contribution in [0.1, 0.15) is 17.4 Å². The number of benzene rings is 1. The van der Waals surface area contributed by atoms with Crippen molar-refractivity contribution >= 4 is 17.2 Å². The van der Waals surface area contributed by atoms with Crippen molar-refractivity contribution in [3.63, 3.8) is 0 Å². The van der Waals surface area contributed by atoms with Crippen molar-refractivity contribution in [2.75, 3.05) is 13.6 Å². The molecule has 20 heavy (non-hydrogen) atoms. The molecule has 106 valence electrons. The summed E-state index contributed by atoms with van der Waals surface area (Å²) in [5.41, 5.74) is 1.19. The molecule has 0 aliphatic carbocycles. The number of thiazole rings is 1. The van der Waals surface area contributed by atoms with Crippen LogP contribution < -0.4 is 10.6 Å². The predicted octanol–water partition coefficient (Wildman–Crippen LogP) is 2.29. The molecule has 0 aliphatic heterocycles. The minimum absolute atomic E-state index is 0.197. The number of rotatable bonds is 5. The topological polar surface area (TPSA) is 54.0 Å². The molecule has 0 saturated carbocycles. The summed E-state index contributed by atoms with van der Waals surface area (Å²) in [7, 11) is 1.84. The highest BCUT2D eigenvalue weighted by Crippen LogP contribution is 2.23. The van der Waals surface area contributed by atoms with Gasteiger partial charge in [0.15, 0.2) is 0 Å². The summed E-state index contributed by atoms with van der Waals surface area (Å²) < 4.78 is 12.9.